The highest BCUT2D eigenvalue weighted by atomic mass is 16.8. The molecule has 5 unspecified atom stereocenters. The van der Waals surface area contributed by atoms with Crippen LogP contribution in [0.25, 0.3) is 0 Å². The summed E-state index contributed by atoms with van der Waals surface area (Å²) in [5, 5.41) is 87.5. The van der Waals surface area contributed by atoms with Gasteiger partial charge in [-0.25, -0.2) is 4.79 Å². The normalized spacial score (nSPS) is 40.0. The molecule has 3 fully saturated rings. The number of amides is 1. The summed E-state index contributed by atoms with van der Waals surface area (Å²) in [5.41, 5.74) is -1.64. The molecule has 18 heteroatoms. The van der Waals surface area contributed by atoms with Crippen molar-refractivity contribution in [2.24, 2.45) is 11.8 Å². The van der Waals surface area contributed by atoms with Crippen LogP contribution in [0, 0.1) is 11.8 Å². The first-order valence-corrected chi connectivity index (χ1v) is 15.7. The number of carbonyl (C=O) groups excluding carboxylic acids is 1. The van der Waals surface area contributed by atoms with Gasteiger partial charge in [0.25, 0.3) is 5.56 Å². The molecular weight excluding hydrogens is 630 g/mol. The fraction of sp³-hybridized carbons (Fsp3) is 0.828. The standard InChI is InChI=1S/C29H47N3O15/c1-11(2)5-4-6-16(35)30-18-22(40)20(38)14(44-28(18)47-27-12(3)19(37)21(39)15(10-33)45-27)9-13(34)25-23(41)24(42)26(46-25)32-8-7-17(36)31-29(32)43/h7-8,11-15,18-28,33-34,37-42H,4-6,9-10H2,1-3H3,(H,30,35)(H,31,36,43)/t12?,13-,14-,15+,18-,19?,20?,21-,22?,23+,24-,25?,26-,27-,28+/m1/s1. The Balaban J connectivity index is 1.52. The molecule has 268 valence electrons. The second-order valence-electron chi connectivity index (χ2n) is 12.9. The summed E-state index contributed by atoms with van der Waals surface area (Å²) in [6, 6.07) is -0.371. The van der Waals surface area contributed by atoms with Crippen LogP contribution in [0.1, 0.15) is 52.7 Å². The van der Waals surface area contributed by atoms with Crippen molar-refractivity contribution in [3.05, 3.63) is 33.1 Å². The second kappa shape index (κ2) is 15.9. The van der Waals surface area contributed by atoms with Gasteiger partial charge >= 0.3 is 5.69 Å². The number of aromatic nitrogens is 2. The Morgan fingerprint density at radius 2 is 1.62 bits per heavy atom. The topological polar surface area (TPSA) is 283 Å². The highest BCUT2D eigenvalue weighted by molar-refractivity contribution is 5.76. The fourth-order valence-electron chi connectivity index (χ4n) is 6.07. The molecule has 0 saturated carbocycles. The number of H-pyrrole nitrogens is 1. The molecule has 4 rings (SSSR count). The highest BCUT2D eigenvalue weighted by Gasteiger charge is 2.52. The summed E-state index contributed by atoms with van der Waals surface area (Å²) in [4.78, 5) is 38.5. The zero-order valence-electron chi connectivity index (χ0n) is 26.3. The predicted molar refractivity (Wildman–Crippen MR) is 157 cm³/mol. The molecule has 0 aliphatic carbocycles. The summed E-state index contributed by atoms with van der Waals surface area (Å²) in [6.45, 7) is 4.84. The minimum atomic E-state index is -1.73. The van der Waals surface area contributed by atoms with E-state index in [9.17, 15) is 55.2 Å². The van der Waals surface area contributed by atoms with Crippen molar-refractivity contribution in [2.75, 3.05) is 6.61 Å². The van der Waals surface area contributed by atoms with Gasteiger partial charge < -0.3 is 65.1 Å². The number of hydrogen-bond donors (Lipinski definition) is 10. The van der Waals surface area contributed by atoms with E-state index in [4.69, 9.17) is 18.9 Å². The molecule has 3 aliphatic rings. The van der Waals surface area contributed by atoms with E-state index in [2.05, 4.69) is 5.32 Å². The number of aliphatic hydroxyl groups is 8. The van der Waals surface area contributed by atoms with E-state index in [-0.39, 0.29) is 6.42 Å². The van der Waals surface area contributed by atoms with Crippen LogP contribution in [-0.2, 0) is 23.7 Å². The van der Waals surface area contributed by atoms with Crippen molar-refractivity contribution < 1.29 is 64.6 Å². The molecule has 0 bridgehead atoms. The first-order valence-electron chi connectivity index (χ1n) is 15.7. The summed E-state index contributed by atoms with van der Waals surface area (Å²) in [6.07, 6.45) is -18.0. The first kappa shape index (κ1) is 37.5. The van der Waals surface area contributed by atoms with Crippen LogP contribution in [-0.4, -0.2) is 143 Å². The molecule has 4 heterocycles. The van der Waals surface area contributed by atoms with Crippen molar-refractivity contribution in [2.45, 2.75) is 132 Å². The zero-order chi connectivity index (χ0) is 34.7. The molecule has 1 amide bonds. The number of rotatable bonds is 12. The molecule has 1 aromatic rings. The Morgan fingerprint density at radius 1 is 0.957 bits per heavy atom. The Labute approximate surface area is 269 Å². The lowest BCUT2D eigenvalue weighted by Gasteiger charge is -2.47. The van der Waals surface area contributed by atoms with Crippen LogP contribution < -0.4 is 16.6 Å². The van der Waals surface area contributed by atoms with Gasteiger partial charge in [-0.1, -0.05) is 27.2 Å². The number of aliphatic hydroxyl groups excluding tert-OH is 8. The highest BCUT2D eigenvalue weighted by Crippen LogP contribution is 2.35. The Hall–Kier alpha value is -2.33. The van der Waals surface area contributed by atoms with Crippen LogP contribution in [0.15, 0.2) is 21.9 Å². The maximum absolute atomic E-state index is 12.8. The van der Waals surface area contributed by atoms with Crippen LogP contribution in [0.4, 0.5) is 0 Å². The van der Waals surface area contributed by atoms with Crippen molar-refractivity contribution in [3.8, 4) is 0 Å². The number of hydrogen-bond acceptors (Lipinski definition) is 15. The lowest BCUT2D eigenvalue weighted by Crippen LogP contribution is -2.66. The average molecular weight is 678 g/mol. The number of nitrogens with zero attached hydrogens (tertiary/aromatic N) is 1. The number of ether oxygens (including phenoxy) is 4. The number of carbonyl (C=O) groups is 1. The van der Waals surface area contributed by atoms with Gasteiger partial charge in [0.1, 0.15) is 48.8 Å². The van der Waals surface area contributed by atoms with Crippen LogP contribution in [0.3, 0.4) is 0 Å². The molecule has 3 aliphatic heterocycles. The van der Waals surface area contributed by atoms with Gasteiger partial charge in [-0.15, -0.1) is 0 Å². The van der Waals surface area contributed by atoms with E-state index in [1.54, 1.807) is 0 Å². The molecule has 47 heavy (non-hydrogen) atoms. The third-order valence-electron chi connectivity index (χ3n) is 8.92. The van der Waals surface area contributed by atoms with Gasteiger partial charge in [0.15, 0.2) is 18.8 Å². The van der Waals surface area contributed by atoms with Gasteiger partial charge in [0.2, 0.25) is 5.91 Å². The maximum Gasteiger partial charge on any atom is 0.330 e. The van der Waals surface area contributed by atoms with Gasteiger partial charge in [-0.2, -0.15) is 0 Å². The number of nitrogens with one attached hydrogen (secondary N) is 2. The summed E-state index contributed by atoms with van der Waals surface area (Å²) in [5.74, 6) is -1.01. The van der Waals surface area contributed by atoms with E-state index in [1.165, 1.54) is 6.92 Å². The molecular formula is C29H47N3O15. The molecule has 10 N–H and O–H groups in total. The Bertz CT molecular complexity index is 1290. The smallest absolute Gasteiger partial charge is 0.330 e. The summed E-state index contributed by atoms with van der Waals surface area (Å²) >= 11 is 0. The maximum atomic E-state index is 12.8. The van der Waals surface area contributed by atoms with Gasteiger partial charge in [-0.05, 0) is 12.3 Å². The van der Waals surface area contributed by atoms with E-state index < -0.39 is 122 Å². The lowest BCUT2D eigenvalue weighted by molar-refractivity contribution is -0.354. The second-order valence-corrected chi connectivity index (χ2v) is 12.9. The molecule has 0 aromatic carbocycles. The first-order chi connectivity index (χ1) is 22.1. The van der Waals surface area contributed by atoms with Crippen molar-refractivity contribution in [3.63, 3.8) is 0 Å². The van der Waals surface area contributed by atoms with Crippen molar-refractivity contribution in [1.29, 1.82) is 0 Å². The zero-order valence-corrected chi connectivity index (χ0v) is 26.3. The van der Waals surface area contributed by atoms with Crippen molar-refractivity contribution >= 4 is 5.91 Å². The lowest BCUT2D eigenvalue weighted by atomic mass is 9.90. The summed E-state index contributed by atoms with van der Waals surface area (Å²) in [7, 11) is 0. The molecule has 3 saturated heterocycles. The van der Waals surface area contributed by atoms with E-state index in [0.717, 1.165) is 23.3 Å². The van der Waals surface area contributed by atoms with Crippen molar-refractivity contribution in [1.82, 2.24) is 14.9 Å². The molecule has 0 radical (unpaired) electrons. The molecule has 18 nitrogen and oxygen atoms in total. The largest absolute Gasteiger partial charge is 0.394 e. The average Bonchev–Trinajstić information content (AvgIpc) is 3.31. The predicted octanol–water partition coefficient (Wildman–Crippen LogP) is -4.24. The monoisotopic (exact) mass is 677 g/mol. The third kappa shape index (κ3) is 8.46. The Morgan fingerprint density at radius 3 is 2.26 bits per heavy atom. The molecule has 15 atom stereocenters. The van der Waals surface area contributed by atoms with Gasteiger partial charge in [0.05, 0.1) is 24.9 Å². The number of aromatic amines is 1. The van der Waals surface area contributed by atoms with Gasteiger partial charge in [0, 0.05) is 31.0 Å². The fourth-order valence-corrected chi connectivity index (χ4v) is 6.07. The van der Waals surface area contributed by atoms with Crippen LogP contribution in [0.5, 0.6) is 0 Å². The van der Waals surface area contributed by atoms with E-state index >= 15 is 0 Å². The SMILES string of the molecule is CC(C)CCCC(=O)N[C@@H]1C(O)C(O)[C@@H](C[C@@H](O)C2O[C@@H](n3ccc(=O)[nH]c3=O)[C@H](O)[C@@H]2O)O[C@H]1O[C@H]1O[C@@H](CO)[C@@H](O)C(O)C1C. The van der Waals surface area contributed by atoms with Crippen LogP contribution in [0.2, 0.25) is 0 Å². The molecule has 1 aromatic heterocycles. The summed E-state index contributed by atoms with van der Waals surface area (Å²) < 4.78 is 24.0. The quantitative estimate of drug-likeness (QED) is 0.100. The third-order valence-corrected chi connectivity index (χ3v) is 8.92. The Kier molecular flexibility index (Phi) is 12.7. The minimum absolute atomic E-state index is 0.0962. The van der Waals surface area contributed by atoms with Crippen LogP contribution >= 0.6 is 0 Å². The van der Waals surface area contributed by atoms with E-state index in [0.29, 0.717) is 12.3 Å². The minimum Gasteiger partial charge on any atom is -0.394 e. The van der Waals surface area contributed by atoms with E-state index in [1.807, 2.05) is 18.8 Å². The van der Waals surface area contributed by atoms with Gasteiger partial charge in [-0.3, -0.25) is 19.1 Å². The molecule has 0 spiro atoms.